The van der Waals surface area contributed by atoms with Crippen molar-refractivity contribution in [1.29, 1.82) is 0 Å². The van der Waals surface area contributed by atoms with Crippen molar-refractivity contribution in [3.63, 3.8) is 0 Å². The minimum Gasteiger partial charge on any atom is -0.481 e. The maximum absolute atomic E-state index is 13.2. The minimum atomic E-state index is -4.98. The van der Waals surface area contributed by atoms with Gasteiger partial charge in [-0.3, -0.25) is 4.79 Å². The van der Waals surface area contributed by atoms with E-state index in [9.17, 15) is 36.2 Å². The van der Waals surface area contributed by atoms with E-state index in [1.54, 1.807) is 30.3 Å². The molecule has 0 amide bonds. The molecule has 0 spiro atoms. The fourth-order valence-electron chi connectivity index (χ4n) is 4.02. The number of ether oxygens (including phenoxy) is 2. The summed E-state index contributed by atoms with van der Waals surface area (Å²) in [5.41, 5.74) is -2.47. The van der Waals surface area contributed by atoms with E-state index in [0.717, 1.165) is 0 Å². The molecule has 2 aromatic carbocycles. The number of rotatable bonds is 6. The van der Waals surface area contributed by atoms with Gasteiger partial charge in [-0.05, 0) is 48.6 Å². The molecule has 1 N–H and O–H groups in total. The molecule has 180 valence electrons. The van der Waals surface area contributed by atoms with Gasteiger partial charge in [0.25, 0.3) is 0 Å². The van der Waals surface area contributed by atoms with Crippen LogP contribution in [0.5, 0.6) is 0 Å². The van der Waals surface area contributed by atoms with Gasteiger partial charge in [0.15, 0.2) is 6.29 Å². The lowest BCUT2D eigenvalue weighted by molar-refractivity contribution is -0.210. The van der Waals surface area contributed by atoms with Crippen LogP contribution in [0.3, 0.4) is 0 Å². The number of hydrogen-bond donors (Lipinski definition) is 1. The monoisotopic (exact) mass is 476 g/mol. The Morgan fingerprint density at radius 3 is 2.15 bits per heavy atom. The molecule has 1 unspecified atom stereocenters. The van der Waals surface area contributed by atoms with E-state index in [1.165, 1.54) is 6.92 Å². The maximum atomic E-state index is 13.2. The molecular formula is C23H22F6O4. The smallest absolute Gasteiger partial charge is 0.416 e. The van der Waals surface area contributed by atoms with Crippen molar-refractivity contribution in [3.8, 4) is 0 Å². The Bertz CT molecular complexity index is 925. The highest BCUT2D eigenvalue weighted by Crippen LogP contribution is 2.42. The van der Waals surface area contributed by atoms with Gasteiger partial charge >= 0.3 is 18.3 Å². The predicted octanol–water partition coefficient (Wildman–Crippen LogP) is 6.42. The average Bonchev–Trinajstić information content (AvgIpc) is 2.72. The van der Waals surface area contributed by atoms with Crippen molar-refractivity contribution in [2.75, 3.05) is 6.61 Å². The maximum Gasteiger partial charge on any atom is 0.416 e. The summed E-state index contributed by atoms with van der Waals surface area (Å²) in [5, 5.41) is 9.30. The summed E-state index contributed by atoms with van der Waals surface area (Å²) < 4.78 is 90.9. The molecule has 0 saturated carbocycles. The van der Waals surface area contributed by atoms with Crippen molar-refractivity contribution >= 4 is 5.97 Å². The zero-order valence-electron chi connectivity index (χ0n) is 17.5. The van der Waals surface area contributed by atoms with Gasteiger partial charge in [0.1, 0.15) is 0 Å². The van der Waals surface area contributed by atoms with Crippen LogP contribution in [0.15, 0.2) is 48.5 Å². The normalized spacial score (nSPS) is 22.7. The lowest BCUT2D eigenvalue weighted by Gasteiger charge is -2.39. The first-order valence-electron chi connectivity index (χ1n) is 10.2. The van der Waals surface area contributed by atoms with Crippen molar-refractivity contribution in [2.24, 2.45) is 5.92 Å². The van der Waals surface area contributed by atoms with Crippen molar-refractivity contribution < 1.29 is 45.7 Å². The van der Waals surface area contributed by atoms with Gasteiger partial charge in [-0.25, -0.2) is 0 Å². The zero-order chi connectivity index (χ0) is 24.4. The lowest BCUT2D eigenvalue weighted by Crippen LogP contribution is -2.38. The fourth-order valence-corrected chi connectivity index (χ4v) is 4.02. The molecule has 3 rings (SSSR count). The summed E-state index contributed by atoms with van der Waals surface area (Å²) in [4.78, 5) is 11.4. The Balaban J connectivity index is 1.94. The quantitative estimate of drug-likeness (QED) is 0.489. The Morgan fingerprint density at radius 1 is 1.06 bits per heavy atom. The second-order valence-electron chi connectivity index (χ2n) is 7.94. The standard InChI is InChI=1S/C23H22F6O4/c1-13(16-9-17(22(24,25)26)12-18(10-16)23(27,28)29)33-21-20(14-5-3-2-4-6-14)15(7-8-32-21)11-19(30)31/h2-6,9-10,12-13,15,20-21H,7-8,11H2,1H3,(H,30,31)/t13?,15-,20+,21-/m1/s1. The largest absolute Gasteiger partial charge is 0.481 e. The van der Waals surface area contributed by atoms with Gasteiger partial charge in [-0.2, -0.15) is 26.3 Å². The third-order valence-electron chi connectivity index (χ3n) is 5.61. The molecule has 0 aliphatic carbocycles. The van der Waals surface area contributed by atoms with Crippen LogP contribution in [0.1, 0.15) is 54.0 Å². The van der Waals surface area contributed by atoms with Crippen LogP contribution in [-0.4, -0.2) is 24.0 Å². The van der Waals surface area contributed by atoms with E-state index in [4.69, 9.17) is 9.47 Å². The molecule has 1 heterocycles. The molecule has 1 fully saturated rings. The summed E-state index contributed by atoms with van der Waals surface area (Å²) in [5.74, 6) is -1.98. The topological polar surface area (TPSA) is 55.8 Å². The van der Waals surface area contributed by atoms with Crippen molar-refractivity contribution in [2.45, 2.75) is 50.4 Å². The second kappa shape index (κ2) is 9.72. The molecule has 4 atom stereocenters. The van der Waals surface area contributed by atoms with Gasteiger partial charge in [-0.15, -0.1) is 0 Å². The molecule has 4 nitrogen and oxygen atoms in total. The molecule has 0 bridgehead atoms. The van der Waals surface area contributed by atoms with Crippen LogP contribution in [0.2, 0.25) is 0 Å². The van der Waals surface area contributed by atoms with Crippen molar-refractivity contribution in [3.05, 3.63) is 70.8 Å². The molecule has 1 saturated heterocycles. The van der Waals surface area contributed by atoms with Gasteiger partial charge in [-0.1, -0.05) is 30.3 Å². The first kappa shape index (κ1) is 25.0. The summed E-state index contributed by atoms with van der Waals surface area (Å²) in [6.45, 7) is 1.48. The van der Waals surface area contributed by atoms with Crippen molar-refractivity contribution in [1.82, 2.24) is 0 Å². The van der Waals surface area contributed by atoms with E-state index in [0.29, 0.717) is 24.1 Å². The zero-order valence-corrected chi connectivity index (χ0v) is 17.5. The molecule has 10 heteroatoms. The Hall–Kier alpha value is -2.59. The third-order valence-corrected chi connectivity index (χ3v) is 5.61. The van der Waals surface area contributed by atoms with Crippen LogP contribution >= 0.6 is 0 Å². The molecule has 1 aliphatic rings. The van der Waals surface area contributed by atoms with Crippen LogP contribution < -0.4 is 0 Å². The number of alkyl halides is 6. The van der Waals surface area contributed by atoms with E-state index in [-0.39, 0.29) is 30.6 Å². The minimum absolute atomic E-state index is 0.0585. The highest BCUT2D eigenvalue weighted by Gasteiger charge is 2.40. The Morgan fingerprint density at radius 2 is 1.64 bits per heavy atom. The molecule has 0 radical (unpaired) electrons. The second-order valence-corrected chi connectivity index (χ2v) is 7.94. The van der Waals surface area contributed by atoms with E-state index >= 15 is 0 Å². The van der Waals surface area contributed by atoms with Gasteiger partial charge in [0.05, 0.1) is 23.8 Å². The van der Waals surface area contributed by atoms with E-state index < -0.39 is 47.8 Å². The number of halogens is 6. The Kier molecular flexibility index (Phi) is 7.38. The molecular weight excluding hydrogens is 454 g/mol. The van der Waals surface area contributed by atoms with Gasteiger partial charge in [0.2, 0.25) is 0 Å². The van der Waals surface area contributed by atoms with Gasteiger partial charge in [0, 0.05) is 12.3 Å². The number of aliphatic carboxylic acids is 1. The summed E-state index contributed by atoms with van der Waals surface area (Å²) >= 11 is 0. The van der Waals surface area contributed by atoms with E-state index in [1.807, 2.05) is 0 Å². The predicted molar refractivity (Wildman–Crippen MR) is 105 cm³/mol. The van der Waals surface area contributed by atoms with Crippen LogP contribution in [0.4, 0.5) is 26.3 Å². The van der Waals surface area contributed by atoms with Gasteiger partial charge < -0.3 is 14.6 Å². The third kappa shape index (κ3) is 6.26. The number of carboxylic acids is 1. The highest BCUT2D eigenvalue weighted by atomic mass is 19.4. The first-order valence-corrected chi connectivity index (χ1v) is 10.2. The van der Waals surface area contributed by atoms with Crippen LogP contribution in [0, 0.1) is 5.92 Å². The number of benzene rings is 2. The SMILES string of the molecule is CC(O[C@H]1OCC[C@H](CC(=O)O)[C@@H]1c1ccccc1)c1cc(C(F)(F)F)cc(C(F)(F)F)c1. The van der Waals surface area contributed by atoms with Crippen LogP contribution in [-0.2, 0) is 26.6 Å². The summed E-state index contributed by atoms with van der Waals surface area (Å²) in [6, 6.07) is 10.0. The molecule has 2 aromatic rings. The number of hydrogen-bond acceptors (Lipinski definition) is 3. The first-order chi connectivity index (χ1) is 15.4. The molecule has 1 aliphatic heterocycles. The van der Waals surface area contributed by atoms with E-state index in [2.05, 4.69) is 0 Å². The average molecular weight is 476 g/mol. The molecule has 0 aromatic heterocycles. The lowest BCUT2D eigenvalue weighted by atomic mass is 9.80. The summed E-state index contributed by atoms with van der Waals surface area (Å²) in [6.07, 6.45) is -12.0. The molecule has 33 heavy (non-hydrogen) atoms. The highest BCUT2D eigenvalue weighted by molar-refractivity contribution is 5.67. The number of carbonyl (C=O) groups is 1. The fraction of sp³-hybridized carbons (Fsp3) is 0.435. The Labute approximate surface area is 186 Å². The van der Waals surface area contributed by atoms with Crippen LogP contribution in [0.25, 0.3) is 0 Å². The summed E-state index contributed by atoms with van der Waals surface area (Å²) in [7, 11) is 0. The number of carboxylic acid groups (broad SMARTS) is 1.